The highest BCUT2D eigenvalue weighted by Crippen LogP contribution is 2.20. The Hall–Kier alpha value is -2.16. The molecule has 3 nitrogen and oxygen atoms in total. The SMILES string of the molecule is Cc1cc(C(=O)Nc2cccnc2)ccc1C(C)C.[HH]. The Bertz CT molecular complexity index is 582. The van der Waals surface area contributed by atoms with Gasteiger partial charge in [0.1, 0.15) is 0 Å². The van der Waals surface area contributed by atoms with Crippen molar-refractivity contribution in [1.29, 1.82) is 0 Å². The van der Waals surface area contributed by atoms with Crippen LogP contribution in [0.25, 0.3) is 0 Å². The van der Waals surface area contributed by atoms with Crippen molar-refractivity contribution in [1.82, 2.24) is 4.98 Å². The van der Waals surface area contributed by atoms with E-state index in [9.17, 15) is 4.79 Å². The van der Waals surface area contributed by atoms with E-state index in [1.54, 1.807) is 18.5 Å². The van der Waals surface area contributed by atoms with Gasteiger partial charge in [-0.05, 0) is 48.2 Å². The van der Waals surface area contributed by atoms with Crippen LogP contribution in [0, 0.1) is 6.92 Å². The van der Waals surface area contributed by atoms with Crippen LogP contribution >= 0.6 is 0 Å². The number of carbonyl (C=O) groups excluding carboxylic acids is 1. The lowest BCUT2D eigenvalue weighted by molar-refractivity contribution is 0.102. The van der Waals surface area contributed by atoms with E-state index in [1.807, 2.05) is 31.2 Å². The van der Waals surface area contributed by atoms with Crippen LogP contribution < -0.4 is 5.32 Å². The van der Waals surface area contributed by atoms with Gasteiger partial charge in [0.05, 0.1) is 11.9 Å². The Morgan fingerprint density at radius 3 is 2.68 bits per heavy atom. The molecule has 1 aromatic heterocycles. The monoisotopic (exact) mass is 256 g/mol. The van der Waals surface area contributed by atoms with Gasteiger partial charge < -0.3 is 5.32 Å². The van der Waals surface area contributed by atoms with Crippen LogP contribution in [0.5, 0.6) is 0 Å². The van der Waals surface area contributed by atoms with E-state index in [1.165, 1.54) is 5.56 Å². The number of amides is 1. The minimum Gasteiger partial charge on any atom is -0.321 e. The van der Waals surface area contributed by atoms with Gasteiger partial charge in [-0.15, -0.1) is 0 Å². The predicted molar refractivity (Wildman–Crippen MR) is 79.6 cm³/mol. The molecule has 0 saturated heterocycles. The van der Waals surface area contributed by atoms with Gasteiger partial charge in [0.25, 0.3) is 5.91 Å². The summed E-state index contributed by atoms with van der Waals surface area (Å²) in [7, 11) is 0. The molecule has 0 unspecified atom stereocenters. The van der Waals surface area contributed by atoms with Gasteiger partial charge in [0.2, 0.25) is 0 Å². The number of aryl methyl sites for hydroxylation is 1. The summed E-state index contributed by atoms with van der Waals surface area (Å²) in [6.45, 7) is 6.34. The van der Waals surface area contributed by atoms with Crippen LogP contribution in [0.2, 0.25) is 0 Å². The highest BCUT2D eigenvalue weighted by Gasteiger charge is 2.09. The van der Waals surface area contributed by atoms with Crippen LogP contribution in [0.4, 0.5) is 5.69 Å². The van der Waals surface area contributed by atoms with Gasteiger partial charge in [0.15, 0.2) is 0 Å². The summed E-state index contributed by atoms with van der Waals surface area (Å²) < 4.78 is 0. The van der Waals surface area contributed by atoms with Crippen molar-refractivity contribution in [3.8, 4) is 0 Å². The molecule has 0 radical (unpaired) electrons. The Balaban J connectivity index is 0.00000200. The van der Waals surface area contributed by atoms with Crippen LogP contribution in [0.1, 0.15) is 42.7 Å². The van der Waals surface area contributed by atoms with Crippen LogP contribution in [-0.2, 0) is 0 Å². The van der Waals surface area contributed by atoms with Crippen LogP contribution in [-0.4, -0.2) is 10.9 Å². The first kappa shape index (κ1) is 13.3. The quantitative estimate of drug-likeness (QED) is 0.901. The van der Waals surface area contributed by atoms with E-state index >= 15 is 0 Å². The molecule has 19 heavy (non-hydrogen) atoms. The summed E-state index contributed by atoms with van der Waals surface area (Å²) in [5.41, 5.74) is 3.80. The summed E-state index contributed by atoms with van der Waals surface area (Å²) in [5, 5.41) is 2.83. The summed E-state index contributed by atoms with van der Waals surface area (Å²) in [6, 6.07) is 9.44. The largest absolute Gasteiger partial charge is 0.321 e. The Labute approximate surface area is 115 Å². The van der Waals surface area contributed by atoms with E-state index in [0.29, 0.717) is 17.2 Å². The lowest BCUT2D eigenvalue weighted by Gasteiger charge is -2.11. The van der Waals surface area contributed by atoms with Crippen molar-refractivity contribution in [3.63, 3.8) is 0 Å². The molecule has 0 aliphatic carbocycles. The molecule has 0 aliphatic heterocycles. The zero-order valence-electron chi connectivity index (χ0n) is 11.5. The maximum atomic E-state index is 12.1. The van der Waals surface area contributed by atoms with Gasteiger partial charge in [-0.1, -0.05) is 19.9 Å². The molecule has 0 spiro atoms. The molecule has 1 aromatic carbocycles. The number of nitrogens with one attached hydrogen (secondary N) is 1. The Kier molecular flexibility index (Phi) is 3.95. The van der Waals surface area contributed by atoms with Crippen LogP contribution in [0.3, 0.4) is 0 Å². The lowest BCUT2D eigenvalue weighted by atomic mass is 9.96. The number of hydrogen-bond acceptors (Lipinski definition) is 2. The maximum Gasteiger partial charge on any atom is 0.255 e. The van der Waals surface area contributed by atoms with Gasteiger partial charge >= 0.3 is 0 Å². The van der Waals surface area contributed by atoms with Crippen LogP contribution in [0.15, 0.2) is 42.7 Å². The fraction of sp³-hybridized carbons (Fsp3) is 0.250. The highest BCUT2D eigenvalue weighted by molar-refractivity contribution is 6.04. The number of carbonyl (C=O) groups is 1. The minimum atomic E-state index is -0.105. The second kappa shape index (κ2) is 5.65. The van der Waals surface area contributed by atoms with Gasteiger partial charge in [-0.2, -0.15) is 0 Å². The predicted octanol–water partition coefficient (Wildman–Crippen LogP) is 4.01. The van der Waals surface area contributed by atoms with Crippen molar-refractivity contribution in [3.05, 3.63) is 59.4 Å². The first-order chi connectivity index (χ1) is 9.08. The first-order valence-corrected chi connectivity index (χ1v) is 6.40. The molecule has 0 fully saturated rings. The summed E-state index contributed by atoms with van der Waals surface area (Å²) in [6.07, 6.45) is 3.31. The highest BCUT2D eigenvalue weighted by atomic mass is 16.1. The molecular formula is C16H20N2O. The fourth-order valence-corrected chi connectivity index (χ4v) is 2.10. The van der Waals surface area contributed by atoms with Gasteiger partial charge in [-0.25, -0.2) is 0 Å². The van der Waals surface area contributed by atoms with Crippen molar-refractivity contribution >= 4 is 11.6 Å². The van der Waals surface area contributed by atoms with Crippen molar-refractivity contribution in [2.75, 3.05) is 5.32 Å². The summed E-state index contributed by atoms with van der Waals surface area (Å²) >= 11 is 0. The molecule has 0 atom stereocenters. The van der Waals surface area contributed by atoms with E-state index < -0.39 is 0 Å². The van der Waals surface area contributed by atoms with Gasteiger partial charge in [-0.3, -0.25) is 9.78 Å². The Morgan fingerprint density at radius 2 is 2.11 bits per heavy atom. The third-order valence-electron chi connectivity index (χ3n) is 3.07. The number of anilines is 1. The smallest absolute Gasteiger partial charge is 0.255 e. The van der Waals surface area contributed by atoms with E-state index in [-0.39, 0.29) is 7.33 Å². The first-order valence-electron chi connectivity index (χ1n) is 6.40. The zero-order chi connectivity index (χ0) is 13.8. The molecule has 2 aromatic rings. The zero-order valence-corrected chi connectivity index (χ0v) is 11.5. The molecule has 100 valence electrons. The number of hydrogen-bond donors (Lipinski definition) is 1. The van der Waals surface area contributed by atoms with E-state index in [2.05, 4.69) is 24.1 Å². The number of aromatic nitrogens is 1. The Morgan fingerprint density at radius 1 is 1.32 bits per heavy atom. The molecule has 1 amide bonds. The topological polar surface area (TPSA) is 42.0 Å². The van der Waals surface area contributed by atoms with E-state index in [0.717, 1.165) is 5.56 Å². The number of pyridine rings is 1. The van der Waals surface area contributed by atoms with E-state index in [4.69, 9.17) is 0 Å². The minimum absolute atomic E-state index is 0. The molecule has 0 aliphatic rings. The lowest BCUT2D eigenvalue weighted by Crippen LogP contribution is -2.12. The number of rotatable bonds is 3. The van der Waals surface area contributed by atoms with Crippen molar-refractivity contribution in [2.45, 2.75) is 26.7 Å². The molecule has 3 heteroatoms. The molecule has 1 heterocycles. The third kappa shape index (κ3) is 3.19. The third-order valence-corrected chi connectivity index (χ3v) is 3.07. The standard InChI is InChI=1S/C16H18N2O.H2/c1-11(2)15-7-6-13(9-12(15)3)16(19)18-14-5-4-8-17-10-14;/h4-11H,1-3H3,(H,18,19);1H. The number of benzene rings is 1. The average molecular weight is 256 g/mol. The second-order valence-corrected chi connectivity index (χ2v) is 4.92. The maximum absolute atomic E-state index is 12.1. The molecule has 1 N–H and O–H groups in total. The van der Waals surface area contributed by atoms with Crippen molar-refractivity contribution in [2.24, 2.45) is 0 Å². The molecular weight excluding hydrogens is 236 g/mol. The molecule has 0 bridgehead atoms. The second-order valence-electron chi connectivity index (χ2n) is 4.92. The summed E-state index contributed by atoms with van der Waals surface area (Å²) in [4.78, 5) is 16.1. The normalized spacial score (nSPS) is 10.5. The molecule has 2 rings (SSSR count). The summed E-state index contributed by atoms with van der Waals surface area (Å²) in [5.74, 6) is 0.363. The van der Waals surface area contributed by atoms with Crippen molar-refractivity contribution < 1.29 is 6.22 Å². The van der Waals surface area contributed by atoms with Gasteiger partial charge in [0, 0.05) is 13.2 Å². The number of nitrogens with zero attached hydrogens (tertiary/aromatic N) is 1. The molecule has 0 saturated carbocycles. The fourth-order valence-electron chi connectivity index (χ4n) is 2.10. The average Bonchev–Trinajstić information content (AvgIpc) is 2.39.